The summed E-state index contributed by atoms with van der Waals surface area (Å²) in [4.78, 5) is 25.1. The molecule has 0 radical (unpaired) electrons. The molecule has 0 fully saturated rings. The van der Waals surface area contributed by atoms with E-state index in [0.717, 1.165) is 17.1 Å². The van der Waals surface area contributed by atoms with Crippen molar-refractivity contribution < 1.29 is 30.7 Å². The molecule has 2 heterocycles. The first kappa shape index (κ1) is 26.0. The minimum Gasteiger partial charge on any atom is -0.294 e. The van der Waals surface area contributed by atoms with E-state index < -0.39 is 31.7 Å². The molecule has 0 saturated heterocycles. The molecule has 192 valence electrons. The highest BCUT2D eigenvalue weighted by atomic mass is 32.2. The summed E-state index contributed by atoms with van der Waals surface area (Å²) in [7, 11) is -8.73. The highest BCUT2D eigenvalue weighted by molar-refractivity contribution is 7.86. The fourth-order valence-corrected chi connectivity index (χ4v) is 4.50. The van der Waals surface area contributed by atoms with Gasteiger partial charge in [-0.3, -0.25) is 23.8 Å². The van der Waals surface area contributed by atoms with E-state index in [0.29, 0.717) is 29.1 Å². The van der Waals surface area contributed by atoms with E-state index in [1.54, 1.807) is 0 Å². The van der Waals surface area contributed by atoms with Crippen LogP contribution in [0.1, 0.15) is 18.2 Å². The molecule has 1 amide bonds. The Bertz CT molecular complexity index is 1730. The van der Waals surface area contributed by atoms with Crippen molar-refractivity contribution in [1.29, 1.82) is 0 Å². The number of H-pyrrole nitrogens is 1. The summed E-state index contributed by atoms with van der Waals surface area (Å²) in [6.45, 7) is 1.84. The van der Waals surface area contributed by atoms with Crippen LogP contribution in [-0.4, -0.2) is 47.8 Å². The monoisotopic (exact) mass is 544 g/mol. The molecule has 14 heteroatoms. The van der Waals surface area contributed by atoms with Gasteiger partial charge >= 0.3 is 0 Å². The molecule has 0 aliphatic carbocycles. The molecule has 1 aliphatic heterocycles. The van der Waals surface area contributed by atoms with Crippen molar-refractivity contribution >= 4 is 44.1 Å². The standard InChI is InChI=1S/C23H20N4O8S2/c1-2-21-20(23(29)27(25-21)17-8-12-19(13-9-17)37(33,34)35)5-3-4-15-14-24-26(22(15)28)16-6-10-18(11-7-16)36(30,31)32/h3-14,25H,2H2,1H3,(H,30,31,32)(H,33,34,35)/b5-3+,15-4+. The summed E-state index contributed by atoms with van der Waals surface area (Å²) < 4.78 is 64.3. The maximum absolute atomic E-state index is 13.0. The molecule has 3 N–H and O–H groups in total. The molecule has 0 bridgehead atoms. The van der Waals surface area contributed by atoms with Gasteiger partial charge in [0.2, 0.25) is 0 Å². The molecule has 12 nitrogen and oxygen atoms in total. The van der Waals surface area contributed by atoms with Gasteiger partial charge < -0.3 is 0 Å². The summed E-state index contributed by atoms with van der Waals surface area (Å²) >= 11 is 0. The van der Waals surface area contributed by atoms with Gasteiger partial charge in [-0.15, -0.1) is 0 Å². The van der Waals surface area contributed by atoms with Crippen LogP contribution < -0.4 is 10.6 Å². The molecule has 0 atom stereocenters. The van der Waals surface area contributed by atoms with Crippen LogP contribution in [0.3, 0.4) is 0 Å². The number of hydrogen-bond donors (Lipinski definition) is 3. The SMILES string of the molecule is CCc1[nH]n(-c2ccc(S(=O)(=O)O)cc2)c(=O)c1/C=C/C=C1\C=NN(c2ccc(S(=O)(=O)O)cc2)C1=O. The number of amides is 1. The molecule has 0 spiro atoms. The number of aromatic nitrogens is 2. The Labute approximate surface area is 211 Å². The molecule has 4 rings (SSSR count). The van der Waals surface area contributed by atoms with Crippen molar-refractivity contribution in [3.8, 4) is 5.69 Å². The second-order valence-electron chi connectivity index (χ2n) is 7.78. The van der Waals surface area contributed by atoms with Crippen LogP contribution in [0.5, 0.6) is 0 Å². The molecular formula is C23H20N4O8S2. The van der Waals surface area contributed by atoms with Gasteiger partial charge in [-0.2, -0.15) is 26.9 Å². The number of nitrogens with one attached hydrogen (secondary N) is 1. The summed E-state index contributed by atoms with van der Waals surface area (Å²) in [6.07, 6.45) is 6.30. The molecule has 3 aromatic rings. The molecule has 0 saturated carbocycles. The van der Waals surface area contributed by atoms with E-state index in [9.17, 15) is 26.4 Å². The van der Waals surface area contributed by atoms with Gasteiger partial charge in [-0.25, -0.2) is 4.68 Å². The zero-order chi connectivity index (χ0) is 27.0. The Morgan fingerprint density at radius 1 is 0.892 bits per heavy atom. The van der Waals surface area contributed by atoms with Crippen molar-refractivity contribution in [3.05, 3.63) is 87.9 Å². The average Bonchev–Trinajstić information content (AvgIpc) is 3.37. The third-order valence-electron chi connectivity index (χ3n) is 5.42. The maximum atomic E-state index is 13.0. The lowest BCUT2D eigenvalue weighted by Gasteiger charge is -2.11. The number of rotatable bonds is 7. The number of nitrogens with zero attached hydrogens (tertiary/aromatic N) is 3. The van der Waals surface area contributed by atoms with Gasteiger partial charge in [-0.05, 0) is 67.1 Å². The first-order valence-electron chi connectivity index (χ1n) is 10.7. The van der Waals surface area contributed by atoms with Crippen LogP contribution in [-0.2, 0) is 31.5 Å². The normalized spacial score (nSPS) is 15.4. The van der Waals surface area contributed by atoms with E-state index in [4.69, 9.17) is 9.11 Å². The molecular weight excluding hydrogens is 524 g/mol. The van der Waals surface area contributed by atoms with Gasteiger partial charge in [0.25, 0.3) is 31.7 Å². The maximum Gasteiger partial charge on any atom is 0.294 e. The predicted octanol–water partition coefficient (Wildman–Crippen LogP) is 2.19. The van der Waals surface area contributed by atoms with Crippen molar-refractivity contribution in [2.24, 2.45) is 5.10 Å². The van der Waals surface area contributed by atoms with Crippen LogP contribution in [0.2, 0.25) is 0 Å². The Hall–Kier alpha value is -4.11. The van der Waals surface area contributed by atoms with E-state index in [2.05, 4.69) is 10.2 Å². The Balaban J connectivity index is 1.56. The number of aryl methyl sites for hydroxylation is 1. The first-order valence-corrected chi connectivity index (χ1v) is 13.5. The third-order valence-corrected chi connectivity index (χ3v) is 7.16. The van der Waals surface area contributed by atoms with Crippen LogP contribution in [0.4, 0.5) is 5.69 Å². The van der Waals surface area contributed by atoms with Crippen molar-refractivity contribution in [3.63, 3.8) is 0 Å². The van der Waals surface area contributed by atoms with Gasteiger partial charge in [-0.1, -0.05) is 13.0 Å². The summed E-state index contributed by atoms with van der Waals surface area (Å²) in [5, 5.41) is 8.04. The Morgan fingerprint density at radius 3 is 1.95 bits per heavy atom. The van der Waals surface area contributed by atoms with Crippen molar-refractivity contribution in [1.82, 2.24) is 9.78 Å². The zero-order valence-electron chi connectivity index (χ0n) is 19.1. The highest BCUT2D eigenvalue weighted by Crippen LogP contribution is 2.23. The average molecular weight is 545 g/mol. The van der Waals surface area contributed by atoms with E-state index in [-0.39, 0.29) is 15.4 Å². The smallest absolute Gasteiger partial charge is 0.294 e. The second-order valence-corrected chi connectivity index (χ2v) is 10.6. The lowest BCUT2D eigenvalue weighted by atomic mass is 10.1. The van der Waals surface area contributed by atoms with E-state index in [1.165, 1.54) is 65.5 Å². The molecule has 1 aliphatic rings. The summed E-state index contributed by atoms with van der Waals surface area (Å²) in [5.41, 5.74) is 1.40. The van der Waals surface area contributed by atoms with Crippen LogP contribution >= 0.6 is 0 Å². The zero-order valence-corrected chi connectivity index (χ0v) is 20.8. The minimum atomic E-state index is -4.37. The fourth-order valence-electron chi connectivity index (χ4n) is 3.54. The number of allylic oxidation sites excluding steroid dienone is 2. The predicted molar refractivity (Wildman–Crippen MR) is 135 cm³/mol. The van der Waals surface area contributed by atoms with Gasteiger partial charge in [0, 0.05) is 5.69 Å². The van der Waals surface area contributed by atoms with Crippen molar-refractivity contribution in [2.45, 2.75) is 23.1 Å². The molecule has 0 unspecified atom stereocenters. The number of aromatic amines is 1. The lowest BCUT2D eigenvalue weighted by molar-refractivity contribution is -0.114. The quantitative estimate of drug-likeness (QED) is 0.299. The van der Waals surface area contributed by atoms with Gasteiger partial charge in [0.05, 0.1) is 38.5 Å². The second kappa shape index (κ2) is 9.74. The Kier molecular flexibility index (Phi) is 6.84. The number of carbonyl (C=O) groups is 1. The topological polar surface area (TPSA) is 179 Å². The third kappa shape index (κ3) is 5.36. The number of anilines is 1. The highest BCUT2D eigenvalue weighted by Gasteiger charge is 2.24. The first-order chi connectivity index (χ1) is 17.4. The number of hydrazone groups is 1. The number of carbonyl (C=O) groups excluding carboxylic acids is 1. The van der Waals surface area contributed by atoms with Crippen LogP contribution in [0.15, 0.2) is 85.9 Å². The number of hydrogen-bond acceptors (Lipinski definition) is 7. The fraction of sp³-hybridized carbons (Fsp3) is 0.0870. The molecule has 1 aromatic heterocycles. The van der Waals surface area contributed by atoms with Crippen LogP contribution in [0, 0.1) is 0 Å². The van der Waals surface area contributed by atoms with Crippen LogP contribution in [0.25, 0.3) is 11.8 Å². The summed E-state index contributed by atoms with van der Waals surface area (Å²) in [6, 6.07) is 10.1. The molecule has 37 heavy (non-hydrogen) atoms. The number of benzene rings is 2. The largest absolute Gasteiger partial charge is 0.294 e. The minimum absolute atomic E-state index is 0.213. The summed E-state index contributed by atoms with van der Waals surface area (Å²) in [5.74, 6) is -0.481. The molecule has 2 aromatic carbocycles. The lowest BCUT2D eigenvalue weighted by Crippen LogP contribution is -2.21. The van der Waals surface area contributed by atoms with E-state index in [1.807, 2.05) is 6.92 Å². The van der Waals surface area contributed by atoms with Gasteiger partial charge in [0.1, 0.15) is 0 Å². The Morgan fingerprint density at radius 2 is 1.43 bits per heavy atom. The van der Waals surface area contributed by atoms with Crippen molar-refractivity contribution in [2.75, 3.05) is 5.01 Å². The van der Waals surface area contributed by atoms with E-state index >= 15 is 0 Å². The van der Waals surface area contributed by atoms with Gasteiger partial charge in [0.15, 0.2) is 0 Å².